The van der Waals surface area contributed by atoms with E-state index in [-0.39, 0.29) is 11.7 Å². The summed E-state index contributed by atoms with van der Waals surface area (Å²) in [5.41, 5.74) is 3.68. The smallest absolute Gasteiger partial charge is 0.257 e. The number of piperazine rings is 1. The van der Waals surface area contributed by atoms with E-state index < -0.39 is 0 Å². The highest BCUT2D eigenvalue weighted by atomic mass is 19.1. The van der Waals surface area contributed by atoms with E-state index in [9.17, 15) is 9.18 Å². The molecule has 156 valence electrons. The molecule has 0 bridgehead atoms. The van der Waals surface area contributed by atoms with Gasteiger partial charge in [-0.3, -0.25) is 4.79 Å². The molecule has 0 unspecified atom stereocenters. The quantitative estimate of drug-likeness (QED) is 0.636. The Balaban J connectivity index is 1.22. The maximum absolute atomic E-state index is 13.4. The lowest BCUT2D eigenvalue weighted by Gasteiger charge is -2.36. The lowest BCUT2D eigenvalue weighted by atomic mass is 10.1. The zero-order valence-electron chi connectivity index (χ0n) is 16.8. The summed E-state index contributed by atoms with van der Waals surface area (Å²) in [6, 6.07) is 14.2. The molecule has 1 fully saturated rings. The van der Waals surface area contributed by atoms with Gasteiger partial charge >= 0.3 is 0 Å². The molecule has 3 heterocycles. The van der Waals surface area contributed by atoms with Crippen molar-refractivity contribution in [2.75, 3.05) is 46.6 Å². The maximum Gasteiger partial charge on any atom is 0.257 e. The molecule has 5 rings (SSSR count). The summed E-state index contributed by atoms with van der Waals surface area (Å²) in [5, 5.41) is 5.86. The van der Waals surface area contributed by atoms with E-state index in [1.165, 1.54) is 12.1 Å². The first-order valence-electron chi connectivity index (χ1n) is 10.1. The van der Waals surface area contributed by atoms with Crippen LogP contribution in [0.3, 0.4) is 0 Å². The fourth-order valence-electron chi connectivity index (χ4n) is 3.85. The van der Waals surface area contributed by atoms with Gasteiger partial charge in [0.1, 0.15) is 5.82 Å². The normalized spacial score (nSPS) is 16.9. The number of amides is 1. The van der Waals surface area contributed by atoms with Crippen LogP contribution in [0.1, 0.15) is 5.56 Å². The van der Waals surface area contributed by atoms with Crippen LogP contribution in [0.2, 0.25) is 0 Å². The van der Waals surface area contributed by atoms with Crippen molar-refractivity contribution >= 4 is 34.5 Å². The molecule has 7 nitrogen and oxygen atoms in total. The molecule has 2 aliphatic heterocycles. The van der Waals surface area contributed by atoms with Gasteiger partial charge in [0.25, 0.3) is 5.91 Å². The van der Waals surface area contributed by atoms with Gasteiger partial charge in [0.2, 0.25) is 5.95 Å². The number of carbonyl (C=O) groups excluding carboxylic acids is 1. The fraction of sp³-hybridized carbons (Fsp3) is 0.174. The number of halogens is 1. The monoisotopic (exact) mass is 416 g/mol. The van der Waals surface area contributed by atoms with Crippen molar-refractivity contribution in [3.63, 3.8) is 0 Å². The number of rotatable bonds is 4. The van der Waals surface area contributed by atoms with Crippen molar-refractivity contribution in [2.24, 2.45) is 0 Å². The van der Waals surface area contributed by atoms with E-state index >= 15 is 0 Å². The lowest BCUT2D eigenvalue weighted by Crippen LogP contribution is -2.47. The summed E-state index contributed by atoms with van der Waals surface area (Å²) < 4.78 is 13.4. The number of fused-ring (bicyclic) bond motifs is 1. The number of aromatic nitrogens is 2. The van der Waals surface area contributed by atoms with Gasteiger partial charge in [0.05, 0.1) is 11.3 Å². The molecule has 2 aromatic carbocycles. The number of anilines is 4. The standard InChI is InChI=1S/C23H21FN6O/c24-16-2-7-19-20(22(31)28-21(19)14-16)15-27-17-3-5-18(6-4-17)29-10-12-30(13-11-29)23-25-8-1-9-26-23/h1-9,14-15,27H,10-13H2,(H,28,31). The second-order valence-electron chi connectivity index (χ2n) is 7.42. The molecule has 2 N–H and O–H groups in total. The van der Waals surface area contributed by atoms with Crippen molar-refractivity contribution in [3.05, 3.63) is 78.5 Å². The van der Waals surface area contributed by atoms with Gasteiger partial charge in [-0.2, -0.15) is 0 Å². The second-order valence-corrected chi connectivity index (χ2v) is 7.42. The zero-order valence-corrected chi connectivity index (χ0v) is 16.8. The highest BCUT2D eigenvalue weighted by Crippen LogP contribution is 2.32. The number of hydrogen-bond acceptors (Lipinski definition) is 6. The number of hydrogen-bond donors (Lipinski definition) is 2. The number of nitrogens with zero attached hydrogens (tertiary/aromatic N) is 4. The first-order chi connectivity index (χ1) is 15.2. The highest BCUT2D eigenvalue weighted by molar-refractivity contribution is 6.31. The Morgan fingerprint density at radius 1 is 0.968 bits per heavy atom. The molecule has 8 heteroatoms. The fourth-order valence-corrected chi connectivity index (χ4v) is 3.85. The van der Waals surface area contributed by atoms with Gasteiger partial charge in [-0.25, -0.2) is 14.4 Å². The summed E-state index contributed by atoms with van der Waals surface area (Å²) in [6.45, 7) is 3.52. The van der Waals surface area contributed by atoms with Crippen LogP contribution in [-0.4, -0.2) is 42.1 Å². The van der Waals surface area contributed by atoms with E-state index in [0.29, 0.717) is 16.8 Å². The van der Waals surface area contributed by atoms with Crippen LogP contribution in [0.4, 0.5) is 27.4 Å². The molecule has 1 saturated heterocycles. The summed E-state index contributed by atoms with van der Waals surface area (Å²) in [6.07, 6.45) is 5.19. The highest BCUT2D eigenvalue weighted by Gasteiger charge is 2.24. The molecule has 0 spiro atoms. The predicted octanol–water partition coefficient (Wildman–Crippen LogP) is 3.35. The van der Waals surface area contributed by atoms with E-state index in [2.05, 4.69) is 42.5 Å². The van der Waals surface area contributed by atoms with E-state index in [4.69, 9.17) is 0 Å². The Morgan fingerprint density at radius 2 is 1.68 bits per heavy atom. The van der Waals surface area contributed by atoms with E-state index in [1.54, 1.807) is 24.7 Å². The molecule has 0 atom stereocenters. The van der Waals surface area contributed by atoms with Crippen molar-refractivity contribution in [2.45, 2.75) is 0 Å². The molecule has 0 aliphatic carbocycles. The Bertz CT molecular complexity index is 1120. The van der Waals surface area contributed by atoms with Crippen LogP contribution in [-0.2, 0) is 4.79 Å². The minimum Gasteiger partial charge on any atom is -0.368 e. The first-order valence-corrected chi connectivity index (χ1v) is 10.1. The zero-order chi connectivity index (χ0) is 21.2. The maximum atomic E-state index is 13.4. The third-order valence-corrected chi connectivity index (χ3v) is 5.49. The molecular formula is C23H21FN6O. The third-order valence-electron chi connectivity index (χ3n) is 5.49. The molecule has 0 saturated carbocycles. The average molecular weight is 416 g/mol. The topological polar surface area (TPSA) is 73.4 Å². The van der Waals surface area contributed by atoms with Crippen LogP contribution in [0.5, 0.6) is 0 Å². The number of benzene rings is 2. The predicted molar refractivity (Wildman–Crippen MR) is 120 cm³/mol. The van der Waals surface area contributed by atoms with Crippen LogP contribution in [0.25, 0.3) is 5.57 Å². The molecule has 1 aromatic heterocycles. The average Bonchev–Trinajstić information content (AvgIpc) is 3.12. The largest absolute Gasteiger partial charge is 0.368 e. The van der Waals surface area contributed by atoms with Crippen LogP contribution >= 0.6 is 0 Å². The van der Waals surface area contributed by atoms with E-state index in [1.807, 2.05) is 18.2 Å². The number of carbonyl (C=O) groups is 1. The molecule has 2 aliphatic rings. The summed E-state index contributed by atoms with van der Waals surface area (Å²) in [7, 11) is 0. The van der Waals surface area contributed by atoms with Gasteiger partial charge in [-0.05, 0) is 48.5 Å². The van der Waals surface area contributed by atoms with Gasteiger partial charge in [-0.1, -0.05) is 0 Å². The van der Waals surface area contributed by atoms with Crippen LogP contribution in [0.15, 0.2) is 67.1 Å². The number of nitrogens with one attached hydrogen (secondary N) is 2. The minimum absolute atomic E-state index is 0.245. The Kier molecular flexibility index (Phi) is 4.95. The Labute approximate surface area is 179 Å². The molecular weight excluding hydrogens is 395 g/mol. The Morgan fingerprint density at radius 3 is 2.42 bits per heavy atom. The van der Waals surface area contributed by atoms with Gasteiger partial charge < -0.3 is 20.4 Å². The molecule has 3 aromatic rings. The van der Waals surface area contributed by atoms with Crippen LogP contribution in [0, 0.1) is 5.82 Å². The van der Waals surface area contributed by atoms with Crippen molar-refractivity contribution in [1.82, 2.24) is 9.97 Å². The van der Waals surface area contributed by atoms with E-state index in [0.717, 1.165) is 43.5 Å². The summed E-state index contributed by atoms with van der Waals surface area (Å²) in [4.78, 5) is 25.4. The van der Waals surface area contributed by atoms with Crippen molar-refractivity contribution in [3.8, 4) is 0 Å². The molecule has 0 radical (unpaired) electrons. The third kappa shape index (κ3) is 3.92. The molecule has 1 amide bonds. The SMILES string of the molecule is O=C1Nc2cc(F)ccc2C1=CNc1ccc(N2CCN(c3ncccn3)CC2)cc1. The van der Waals surface area contributed by atoms with Gasteiger partial charge in [0, 0.05) is 61.7 Å². The van der Waals surface area contributed by atoms with Gasteiger partial charge in [0.15, 0.2) is 0 Å². The van der Waals surface area contributed by atoms with Crippen molar-refractivity contribution < 1.29 is 9.18 Å². The van der Waals surface area contributed by atoms with Gasteiger partial charge in [-0.15, -0.1) is 0 Å². The first kappa shape index (κ1) is 19.0. The lowest BCUT2D eigenvalue weighted by molar-refractivity contribution is -0.110. The molecule has 31 heavy (non-hydrogen) atoms. The second kappa shape index (κ2) is 8.06. The Hall–Kier alpha value is -3.94. The minimum atomic E-state index is -0.374. The van der Waals surface area contributed by atoms with Crippen LogP contribution < -0.4 is 20.4 Å². The summed E-state index contributed by atoms with van der Waals surface area (Å²) in [5.74, 6) is 0.154. The summed E-state index contributed by atoms with van der Waals surface area (Å²) >= 11 is 0. The van der Waals surface area contributed by atoms with Crippen molar-refractivity contribution in [1.29, 1.82) is 0 Å².